The molecule has 0 fully saturated rings. The molecule has 3 aromatic rings. The molecule has 9 nitrogen and oxygen atoms in total. The zero-order chi connectivity index (χ0) is 13.6. The van der Waals surface area contributed by atoms with Crippen LogP contribution in [0, 0.1) is 0 Å². The molecule has 0 aromatic carbocycles. The Morgan fingerprint density at radius 2 is 1.95 bits per heavy atom. The van der Waals surface area contributed by atoms with E-state index in [9.17, 15) is 9.59 Å². The minimum atomic E-state index is -0.572. The molecule has 9 heteroatoms. The summed E-state index contributed by atoms with van der Waals surface area (Å²) in [5.41, 5.74) is 0.505. The van der Waals surface area contributed by atoms with Crippen molar-refractivity contribution in [3.05, 3.63) is 39.4 Å². The summed E-state index contributed by atoms with van der Waals surface area (Å²) in [7, 11) is 3.18. The van der Waals surface area contributed by atoms with Crippen LogP contribution in [0.5, 0.6) is 0 Å². The van der Waals surface area contributed by atoms with E-state index in [-0.39, 0.29) is 18.0 Å². The van der Waals surface area contributed by atoms with Gasteiger partial charge in [0.05, 0.1) is 6.33 Å². The molecule has 3 rings (SSSR count). The fourth-order valence-electron chi connectivity index (χ4n) is 1.79. The number of hydrogen-bond donors (Lipinski definition) is 0. The van der Waals surface area contributed by atoms with Crippen molar-refractivity contribution < 1.29 is 4.42 Å². The smallest absolute Gasteiger partial charge is 0.390 e. The van der Waals surface area contributed by atoms with Crippen molar-refractivity contribution in [2.45, 2.75) is 6.54 Å². The zero-order valence-corrected chi connectivity index (χ0v) is 10.3. The van der Waals surface area contributed by atoms with Crippen molar-refractivity contribution in [2.24, 2.45) is 14.1 Å². The Balaban J connectivity index is 2.10. The zero-order valence-electron chi connectivity index (χ0n) is 10.3. The first kappa shape index (κ1) is 11.4. The summed E-state index contributed by atoms with van der Waals surface area (Å²) < 4.78 is 8.86. The summed E-state index contributed by atoms with van der Waals surface area (Å²) >= 11 is 0. The summed E-state index contributed by atoms with van der Waals surface area (Å²) in [6.07, 6.45) is 2.87. The number of aromatic nitrogens is 6. The summed E-state index contributed by atoms with van der Waals surface area (Å²) in [5.74, 6) is -0.421. The molecule has 0 aliphatic carbocycles. The highest BCUT2D eigenvalue weighted by Crippen LogP contribution is 2.02. The number of fused-ring (bicyclic) bond motifs is 1. The van der Waals surface area contributed by atoms with Crippen LogP contribution in [0.3, 0.4) is 0 Å². The fraction of sp³-hybridized carbons (Fsp3) is 0.300. The lowest BCUT2D eigenvalue weighted by Gasteiger charge is -2.01. The predicted molar refractivity (Wildman–Crippen MR) is 63.6 cm³/mol. The normalized spacial score (nSPS) is 11.3. The van der Waals surface area contributed by atoms with E-state index in [0.717, 1.165) is 4.68 Å². The van der Waals surface area contributed by atoms with Gasteiger partial charge in [-0.25, -0.2) is 14.8 Å². The van der Waals surface area contributed by atoms with E-state index in [1.54, 1.807) is 11.6 Å². The third-order valence-corrected chi connectivity index (χ3v) is 2.74. The molecular weight excluding hydrogens is 252 g/mol. The van der Waals surface area contributed by atoms with Gasteiger partial charge in [0.15, 0.2) is 11.2 Å². The van der Waals surface area contributed by atoms with E-state index in [1.165, 1.54) is 24.3 Å². The average Bonchev–Trinajstić information content (AvgIpc) is 2.88. The van der Waals surface area contributed by atoms with Crippen LogP contribution in [0.15, 0.2) is 26.7 Å². The molecule has 0 aliphatic heterocycles. The first-order chi connectivity index (χ1) is 9.06. The van der Waals surface area contributed by atoms with E-state index in [4.69, 9.17) is 4.42 Å². The molecule has 0 saturated carbocycles. The van der Waals surface area contributed by atoms with E-state index >= 15 is 0 Å². The van der Waals surface area contributed by atoms with Gasteiger partial charge in [-0.3, -0.25) is 9.36 Å². The highest BCUT2D eigenvalue weighted by atomic mass is 16.4. The minimum Gasteiger partial charge on any atom is -0.390 e. The summed E-state index contributed by atoms with van der Waals surface area (Å²) in [6, 6.07) is 0. The standard InChI is InChI=1S/C10H10N6O3/c1-14-4-11-8-7(14)9(17)16(5-12-8)3-6-13-15(2)10(18)19-6/h4-5H,3H2,1-2H3. The molecule has 0 atom stereocenters. The van der Waals surface area contributed by atoms with Gasteiger partial charge >= 0.3 is 5.76 Å². The Morgan fingerprint density at radius 3 is 2.63 bits per heavy atom. The van der Waals surface area contributed by atoms with Crippen LogP contribution in [-0.2, 0) is 20.6 Å². The lowest BCUT2D eigenvalue weighted by atomic mass is 10.5. The lowest BCUT2D eigenvalue weighted by molar-refractivity contribution is 0.440. The Hall–Kier alpha value is -2.71. The van der Waals surface area contributed by atoms with Crippen LogP contribution in [0.4, 0.5) is 0 Å². The number of aryl methyl sites for hydroxylation is 2. The van der Waals surface area contributed by atoms with E-state index < -0.39 is 5.76 Å². The van der Waals surface area contributed by atoms with Crippen molar-refractivity contribution in [1.82, 2.24) is 28.9 Å². The summed E-state index contributed by atoms with van der Waals surface area (Å²) in [5, 5.41) is 3.86. The monoisotopic (exact) mass is 262 g/mol. The predicted octanol–water partition coefficient (Wildman–Crippen LogP) is -1.13. The largest absolute Gasteiger partial charge is 0.436 e. The summed E-state index contributed by atoms with van der Waals surface area (Å²) in [4.78, 5) is 31.4. The van der Waals surface area contributed by atoms with Crippen molar-refractivity contribution in [2.75, 3.05) is 0 Å². The highest BCUT2D eigenvalue weighted by Gasteiger charge is 2.11. The minimum absolute atomic E-state index is 0.0447. The molecule has 0 bridgehead atoms. The van der Waals surface area contributed by atoms with Gasteiger partial charge in [0.1, 0.15) is 12.9 Å². The quantitative estimate of drug-likeness (QED) is 0.579. The topological polar surface area (TPSA) is 101 Å². The van der Waals surface area contributed by atoms with Crippen LogP contribution in [0.1, 0.15) is 5.89 Å². The van der Waals surface area contributed by atoms with Gasteiger partial charge in [-0.2, -0.15) is 4.68 Å². The maximum atomic E-state index is 12.2. The molecule has 19 heavy (non-hydrogen) atoms. The van der Waals surface area contributed by atoms with Crippen LogP contribution < -0.4 is 11.3 Å². The van der Waals surface area contributed by atoms with Gasteiger partial charge in [-0.1, -0.05) is 0 Å². The summed E-state index contributed by atoms with van der Waals surface area (Å²) in [6.45, 7) is 0.0447. The Bertz CT molecular complexity index is 867. The second kappa shape index (κ2) is 3.90. The lowest BCUT2D eigenvalue weighted by Crippen LogP contribution is -2.22. The van der Waals surface area contributed by atoms with E-state index in [2.05, 4.69) is 15.1 Å². The fourth-order valence-corrected chi connectivity index (χ4v) is 1.79. The molecule has 3 heterocycles. The first-order valence-electron chi connectivity index (χ1n) is 5.46. The molecule has 0 saturated heterocycles. The number of nitrogens with zero attached hydrogens (tertiary/aromatic N) is 6. The molecule has 3 aromatic heterocycles. The molecule has 0 amide bonds. The van der Waals surface area contributed by atoms with Crippen LogP contribution >= 0.6 is 0 Å². The molecule has 0 N–H and O–H groups in total. The van der Waals surface area contributed by atoms with E-state index in [1.807, 2.05) is 0 Å². The second-order valence-electron chi connectivity index (χ2n) is 4.09. The van der Waals surface area contributed by atoms with Crippen molar-refractivity contribution in [1.29, 1.82) is 0 Å². The molecule has 98 valence electrons. The maximum Gasteiger partial charge on any atom is 0.436 e. The molecule has 0 radical (unpaired) electrons. The third-order valence-electron chi connectivity index (χ3n) is 2.74. The maximum absolute atomic E-state index is 12.2. The molecule has 0 aliphatic rings. The van der Waals surface area contributed by atoms with Crippen LogP contribution in [0.25, 0.3) is 11.2 Å². The van der Waals surface area contributed by atoms with Gasteiger partial charge < -0.3 is 8.98 Å². The Kier molecular flexibility index (Phi) is 2.34. The van der Waals surface area contributed by atoms with Gasteiger partial charge in [0.2, 0.25) is 5.89 Å². The van der Waals surface area contributed by atoms with Crippen LogP contribution in [0.2, 0.25) is 0 Å². The number of hydrogen-bond acceptors (Lipinski definition) is 6. The van der Waals surface area contributed by atoms with Gasteiger partial charge in [0, 0.05) is 14.1 Å². The second-order valence-corrected chi connectivity index (χ2v) is 4.09. The SMILES string of the molecule is Cn1nc(Cn2cnc3ncn(C)c3c2=O)oc1=O. The van der Waals surface area contributed by atoms with Crippen molar-refractivity contribution in [3.8, 4) is 0 Å². The van der Waals surface area contributed by atoms with Gasteiger partial charge in [0.25, 0.3) is 5.56 Å². The van der Waals surface area contributed by atoms with E-state index in [0.29, 0.717) is 11.2 Å². The Morgan fingerprint density at radius 1 is 1.21 bits per heavy atom. The van der Waals surface area contributed by atoms with Gasteiger partial charge in [-0.15, -0.1) is 5.10 Å². The average molecular weight is 262 g/mol. The third kappa shape index (κ3) is 1.75. The van der Waals surface area contributed by atoms with Crippen molar-refractivity contribution >= 4 is 11.2 Å². The molecular formula is C10H10N6O3. The Labute approximate surface area is 105 Å². The van der Waals surface area contributed by atoms with Crippen LogP contribution in [-0.4, -0.2) is 28.9 Å². The molecule has 0 unspecified atom stereocenters. The van der Waals surface area contributed by atoms with Crippen molar-refractivity contribution in [3.63, 3.8) is 0 Å². The highest BCUT2D eigenvalue weighted by molar-refractivity contribution is 5.68. The molecule has 0 spiro atoms. The number of imidazole rings is 1. The number of rotatable bonds is 2. The first-order valence-corrected chi connectivity index (χ1v) is 5.46. The van der Waals surface area contributed by atoms with Gasteiger partial charge in [-0.05, 0) is 0 Å².